The van der Waals surface area contributed by atoms with E-state index in [0.29, 0.717) is 38.1 Å². The van der Waals surface area contributed by atoms with Gasteiger partial charge in [0, 0.05) is 32.5 Å². The molecule has 2 rings (SSSR count). The van der Waals surface area contributed by atoms with Crippen molar-refractivity contribution in [3.8, 4) is 11.6 Å². The second kappa shape index (κ2) is 13.9. The van der Waals surface area contributed by atoms with Crippen molar-refractivity contribution < 1.29 is 18.6 Å². The number of hydrogen-bond acceptors (Lipinski definition) is 5. The van der Waals surface area contributed by atoms with E-state index >= 15 is 0 Å². The van der Waals surface area contributed by atoms with E-state index in [-0.39, 0.29) is 41.6 Å². The summed E-state index contributed by atoms with van der Waals surface area (Å²) in [4.78, 5) is 8.44. The summed E-state index contributed by atoms with van der Waals surface area (Å²) in [6.45, 7) is 3.72. The zero-order valence-corrected chi connectivity index (χ0v) is 19.2. The van der Waals surface area contributed by atoms with Gasteiger partial charge in [0.1, 0.15) is 12.7 Å². The Balaban J connectivity index is 0.00000420. The molecule has 0 saturated carbocycles. The minimum Gasteiger partial charge on any atom is -0.486 e. The van der Waals surface area contributed by atoms with Crippen molar-refractivity contribution in [2.24, 2.45) is 4.99 Å². The molecular weight excluding hydrogens is 490 g/mol. The average Bonchev–Trinajstić information content (AvgIpc) is 2.71. The molecule has 1 atom stereocenters. The van der Waals surface area contributed by atoms with Gasteiger partial charge in [0.05, 0.1) is 13.2 Å². The average molecular weight is 518 g/mol. The predicted molar refractivity (Wildman–Crippen MR) is 122 cm³/mol. The molecule has 2 N–H and O–H groups in total. The molecule has 1 heterocycles. The summed E-state index contributed by atoms with van der Waals surface area (Å²) < 4.78 is 29.9. The van der Waals surface area contributed by atoms with E-state index in [1.54, 1.807) is 38.6 Å². The molecule has 0 saturated heterocycles. The topological polar surface area (TPSA) is 77.0 Å². The van der Waals surface area contributed by atoms with Crippen LogP contribution in [0, 0.1) is 5.82 Å². The number of rotatable bonds is 10. The van der Waals surface area contributed by atoms with Gasteiger partial charge >= 0.3 is 0 Å². The van der Waals surface area contributed by atoms with E-state index in [2.05, 4.69) is 20.6 Å². The lowest BCUT2D eigenvalue weighted by Gasteiger charge is -2.18. The third kappa shape index (κ3) is 8.82. The number of guanidine groups is 1. The highest BCUT2D eigenvalue weighted by Gasteiger charge is 2.10. The number of pyridine rings is 1. The molecule has 9 heteroatoms. The number of aromatic nitrogens is 1. The van der Waals surface area contributed by atoms with E-state index in [9.17, 15) is 4.39 Å². The lowest BCUT2D eigenvalue weighted by molar-refractivity contribution is 0.143. The van der Waals surface area contributed by atoms with E-state index in [4.69, 9.17) is 14.2 Å². The van der Waals surface area contributed by atoms with Gasteiger partial charge in [0.25, 0.3) is 0 Å². The minimum atomic E-state index is -0.380. The second-order valence-electron chi connectivity index (χ2n) is 5.97. The maximum absolute atomic E-state index is 13.7. The SMILES string of the molecule is CN=C(NCc1cccnc1OCCOC)NCC(C)Oc1ccccc1F.I. The predicted octanol–water partition coefficient (Wildman–Crippen LogP) is 3.00. The molecular formula is C20H28FIN4O3. The maximum atomic E-state index is 13.7. The van der Waals surface area contributed by atoms with Gasteiger partial charge < -0.3 is 24.8 Å². The van der Waals surface area contributed by atoms with Crippen molar-refractivity contribution in [3.05, 3.63) is 54.0 Å². The lowest BCUT2D eigenvalue weighted by atomic mass is 10.2. The first-order valence-electron chi connectivity index (χ1n) is 9.05. The van der Waals surface area contributed by atoms with Crippen LogP contribution in [-0.4, -0.2) is 51.0 Å². The Morgan fingerprint density at radius 3 is 2.69 bits per heavy atom. The number of benzene rings is 1. The van der Waals surface area contributed by atoms with Crippen LogP contribution in [0.3, 0.4) is 0 Å². The molecule has 0 aliphatic carbocycles. The van der Waals surface area contributed by atoms with Crippen molar-refractivity contribution >= 4 is 29.9 Å². The van der Waals surface area contributed by atoms with Crippen LogP contribution >= 0.6 is 24.0 Å². The van der Waals surface area contributed by atoms with Gasteiger partial charge in [-0.05, 0) is 25.1 Å². The summed E-state index contributed by atoms with van der Waals surface area (Å²) in [5.41, 5.74) is 0.900. The van der Waals surface area contributed by atoms with Crippen LogP contribution in [0.15, 0.2) is 47.6 Å². The molecule has 2 aromatic rings. The smallest absolute Gasteiger partial charge is 0.218 e. The molecule has 1 unspecified atom stereocenters. The largest absolute Gasteiger partial charge is 0.486 e. The van der Waals surface area contributed by atoms with Gasteiger partial charge in [-0.15, -0.1) is 24.0 Å². The quantitative estimate of drug-likeness (QED) is 0.218. The minimum absolute atomic E-state index is 0. The van der Waals surface area contributed by atoms with Crippen LogP contribution in [0.25, 0.3) is 0 Å². The molecule has 0 bridgehead atoms. The molecule has 0 fully saturated rings. The van der Waals surface area contributed by atoms with Crippen molar-refractivity contribution in [1.82, 2.24) is 15.6 Å². The number of aliphatic imine (C=N–C) groups is 1. The summed E-state index contributed by atoms with van der Waals surface area (Å²) in [7, 11) is 3.30. The summed E-state index contributed by atoms with van der Waals surface area (Å²) >= 11 is 0. The molecule has 160 valence electrons. The highest BCUT2D eigenvalue weighted by atomic mass is 127. The molecule has 7 nitrogen and oxygen atoms in total. The van der Waals surface area contributed by atoms with E-state index in [1.807, 2.05) is 19.1 Å². The van der Waals surface area contributed by atoms with Gasteiger partial charge in [-0.2, -0.15) is 0 Å². The first-order chi connectivity index (χ1) is 13.6. The number of nitrogens with one attached hydrogen (secondary N) is 2. The lowest BCUT2D eigenvalue weighted by Crippen LogP contribution is -2.41. The Kier molecular flexibility index (Phi) is 12.0. The Hall–Kier alpha value is -2.14. The number of nitrogens with zero attached hydrogens (tertiary/aromatic N) is 2. The Bertz CT molecular complexity index is 764. The number of halogens is 2. The van der Waals surface area contributed by atoms with Crippen LogP contribution in [0.1, 0.15) is 12.5 Å². The van der Waals surface area contributed by atoms with Crippen LogP contribution in [-0.2, 0) is 11.3 Å². The molecule has 0 aliphatic rings. The van der Waals surface area contributed by atoms with Gasteiger partial charge in [-0.1, -0.05) is 18.2 Å². The van der Waals surface area contributed by atoms with Crippen LogP contribution in [0.4, 0.5) is 4.39 Å². The zero-order chi connectivity index (χ0) is 20.2. The van der Waals surface area contributed by atoms with Crippen molar-refractivity contribution in [2.75, 3.05) is 33.9 Å². The van der Waals surface area contributed by atoms with E-state index < -0.39 is 0 Å². The van der Waals surface area contributed by atoms with Crippen LogP contribution < -0.4 is 20.1 Å². The third-order valence-corrected chi connectivity index (χ3v) is 3.77. The fourth-order valence-electron chi connectivity index (χ4n) is 2.35. The summed E-state index contributed by atoms with van der Waals surface area (Å²) in [6, 6.07) is 10.1. The number of hydrogen-bond donors (Lipinski definition) is 2. The first-order valence-corrected chi connectivity index (χ1v) is 9.05. The number of ether oxygens (including phenoxy) is 3. The van der Waals surface area contributed by atoms with Crippen molar-refractivity contribution in [3.63, 3.8) is 0 Å². The van der Waals surface area contributed by atoms with Crippen LogP contribution in [0.5, 0.6) is 11.6 Å². The standard InChI is InChI=1S/C20H27FN4O3.HI/c1-15(28-18-9-5-4-8-17(18)21)13-24-20(22-2)25-14-16-7-6-10-23-19(16)27-12-11-26-3;/h4-10,15H,11-14H2,1-3H3,(H2,22,24,25);1H. The molecule has 0 radical (unpaired) electrons. The highest BCUT2D eigenvalue weighted by molar-refractivity contribution is 14.0. The zero-order valence-electron chi connectivity index (χ0n) is 16.9. The third-order valence-electron chi connectivity index (χ3n) is 3.77. The van der Waals surface area contributed by atoms with E-state index in [0.717, 1.165) is 5.56 Å². The fourth-order valence-corrected chi connectivity index (χ4v) is 2.35. The summed E-state index contributed by atoms with van der Waals surface area (Å²) in [6.07, 6.45) is 1.43. The molecule has 29 heavy (non-hydrogen) atoms. The highest BCUT2D eigenvalue weighted by Crippen LogP contribution is 2.17. The number of para-hydroxylation sites is 1. The van der Waals surface area contributed by atoms with Gasteiger partial charge in [0.15, 0.2) is 17.5 Å². The molecule has 0 spiro atoms. The fraction of sp³-hybridized carbons (Fsp3) is 0.400. The van der Waals surface area contributed by atoms with Crippen molar-refractivity contribution in [2.45, 2.75) is 19.6 Å². The first kappa shape index (κ1) is 24.9. The monoisotopic (exact) mass is 518 g/mol. The van der Waals surface area contributed by atoms with Gasteiger partial charge in [0.2, 0.25) is 5.88 Å². The van der Waals surface area contributed by atoms with Crippen molar-refractivity contribution in [1.29, 1.82) is 0 Å². The van der Waals surface area contributed by atoms with Gasteiger partial charge in [-0.25, -0.2) is 9.37 Å². The number of methoxy groups -OCH3 is 1. The molecule has 0 amide bonds. The Labute approximate surface area is 188 Å². The molecule has 1 aromatic carbocycles. The molecule has 0 aliphatic heterocycles. The maximum Gasteiger partial charge on any atom is 0.218 e. The van der Waals surface area contributed by atoms with Gasteiger partial charge in [-0.3, -0.25) is 4.99 Å². The molecule has 1 aromatic heterocycles. The van der Waals surface area contributed by atoms with E-state index in [1.165, 1.54) is 6.07 Å². The Morgan fingerprint density at radius 1 is 1.17 bits per heavy atom. The second-order valence-corrected chi connectivity index (χ2v) is 5.97. The van der Waals surface area contributed by atoms with Crippen LogP contribution in [0.2, 0.25) is 0 Å². The Morgan fingerprint density at radius 2 is 1.97 bits per heavy atom. The normalized spacial score (nSPS) is 11.9. The summed E-state index contributed by atoms with van der Waals surface area (Å²) in [5, 5.41) is 6.37. The summed E-state index contributed by atoms with van der Waals surface area (Å²) in [5.74, 6) is 0.997.